The minimum atomic E-state index is -1.02. The Bertz CT molecular complexity index is 1260. The van der Waals surface area contributed by atoms with E-state index in [1.54, 1.807) is 0 Å². The summed E-state index contributed by atoms with van der Waals surface area (Å²) in [6, 6.07) is 10.8. The van der Waals surface area contributed by atoms with Gasteiger partial charge in [0.05, 0.1) is 13.0 Å². The van der Waals surface area contributed by atoms with E-state index in [9.17, 15) is 18.4 Å². The topological polar surface area (TPSA) is 106 Å². The number of nitrogens with one attached hydrogen (secondary N) is 2. The summed E-state index contributed by atoms with van der Waals surface area (Å²) in [4.78, 5) is 24.2. The molecule has 2 N–H and O–H groups in total. The molecular weight excluding hydrogens is 470 g/mol. The lowest BCUT2D eigenvalue weighted by Crippen LogP contribution is -2.43. The van der Waals surface area contributed by atoms with E-state index in [4.69, 9.17) is 9.15 Å². The quantitative estimate of drug-likeness (QED) is 0.430. The summed E-state index contributed by atoms with van der Waals surface area (Å²) in [5, 5.41) is 12.8. The van der Waals surface area contributed by atoms with E-state index in [1.807, 2.05) is 24.3 Å². The maximum atomic E-state index is 13.3. The molecule has 3 aromatic rings. The molecule has 36 heavy (non-hydrogen) atoms. The molecule has 2 fully saturated rings. The highest BCUT2D eigenvalue weighted by atomic mass is 19.2. The first-order valence-electron chi connectivity index (χ1n) is 11.9. The summed E-state index contributed by atoms with van der Waals surface area (Å²) in [5.74, 6) is -2.42. The highest BCUT2D eigenvalue weighted by Gasteiger charge is 2.49. The van der Waals surface area contributed by atoms with Gasteiger partial charge >= 0.3 is 23.8 Å². The van der Waals surface area contributed by atoms with Crippen LogP contribution in [0.4, 0.5) is 26.2 Å². The van der Waals surface area contributed by atoms with Gasteiger partial charge in [0, 0.05) is 17.4 Å². The van der Waals surface area contributed by atoms with E-state index < -0.39 is 17.5 Å². The van der Waals surface area contributed by atoms with Crippen molar-refractivity contribution in [1.82, 2.24) is 10.2 Å². The van der Waals surface area contributed by atoms with E-state index in [2.05, 4.69) is 20.8 Å². The third kappa shape index (κ3) is 4.93. The molecular formula is C26H26F2N4O4. The molecule has 0 atom stereocenters. The number of carbonyl (C=O) groups is 2. The van der Waals surface area contributed by atoms with Gasteiger partial charge in [-0.25, -0.2) is 8.78 Å². The molecule has 5 rings (SSSR count). The van der Waals surface area contributed by atoms with Gasteiger partial charge in [-0.1, -0.05) is 17.2 Å². The molecule has 2 saturated carbocycles. The summed E-state index contributed by atoms with van der Waals surface area (Å²) < 4.78 is 36.6. The second-order valence-corrected chi connectivity index (χ2v) is 9.64. The highest BCUT2D eigenvalue weighted by molar-refractivity contribution is 6.00. The number of ether oxygens (including phenoxy) is 1. The van der Waals surface area contributed by atoms with Gasteiger partial charge in [-0.15, -0.1) is 5.10 Å². The van der Waals surface area contributed by atoms with Gasteiger partial charge in [-0.2, -0.15) is 0 Å². The van der Waals surface area contributed by atoms with Crippen molar-refractivity contribution in [3.8, 4) is 0 Å². The summed E-state index contributed by atoms with van der Waals surface area (Å²) in [6.45, 7) is 0. The van der Waals surface area contributed by atoms with Crippen LogP contribution in [0.15, 0.2) is 46.9 Å². The molecule has 1 heterocycles. The molecule has 0 radical (unpaired) electrons. The zero-order valence-electron chi connectivity index (χ0n) is 19.7. The lowest BCUT2D eigenvalue weighted by Gasteiger charge is -2.50. The van der Waals surface area contributed by atoms with Gasteiger partial charge in [0.2, 0.25) is 0 Å². The van der Waals surface area contributed by atoms with Gasteiger partial charge in [0.25, 0.3) is 0 Å². The number of benzene rings is 2. The molecule has 10 heteroatoms. The van der Waals surface area contributed by atoms with E-state index in [0.29, 0.717) is 17.0 Å². The smallest absolute Gasteiger partial charge is 0.320 e. The van der Waals surface area contributed by atoms with Gasteiger partial charge in [-0.05, 0) is 79.7 Å². The van der Waals surface area contributed by atoms with Crippen molar-refractivity contribution < 1.29 is 27.5 Å². The van der Waals surface area contributed by atoms with Crippen LogP contribution in [-0.4, -0.2) is 29.2 Å². The van der Waals surface area contributed by atoms with E-state index in [-0.39, 0.29) is 29.5 Å². The van der Waals surface area contributed by atoms with Crippen LogP contribution in [-0.2, 0) is 9.53 Å². The first kappa shape index (κ1) is 23.9. The molecule has 8 nitrogen and oxygen atoms in total. The lowest BCUT2D eigenvalue weighted by atomic mass is 9.54. The highest BCUT2D eigenvalue weighted by Crippen LogP contribution is 2.57. The second-order valence-electron chi connectivity index (χ2n) is 9.64. The Morgan fingerprint density at radius 1 is 1.00 bits per heavy atom. The van der Waals surface area contributed by atoms with Crippen molar-refractivity contribution >= 4 is 29.3 Å². The van der Waals surface area contributed by atoms with Crippen LogP contribution in [0.5, 0.6) is 0 Å². The SMILES string of the molecule is COC(=O)C1CC2(CCC(c3ccc(NC(=O)c4nnc(Nc5ccc(F)c(F)c5)o4)cc3)CC2)C1. The summed E-state index contributed by atoms with van der Waals surface area (Å²) in [6.07, 6.45) is 6.25. The average molecular weight is 497 g/mol. The van der Waals surface area contributed by atoms with Crippen LogP contribution in [0.2, 0.25) is 0 Å². The van der Waals surface area contributed by atoms with E-state index in [1.165, 1.54) is 18.7 Å². The molecule has 0 unspecified atom stereocenters. The van der Waals surface area contributed by atoms with Crippen molar-refractivity contribution in [2.24, 2.45) is 11.3 Å². The fraction of sp³-hybridized carbons (Fsp3) is 0.385. The molecule has 1 spiro atoms. The molecule has 2 aliphatic carbocycles. The maximum Gasteiger partial charge on any atom is 0.320 e. The molecule has 0 saturated heterocycles. The normalized spacial score (nSPS) is 23.1. The zero-order valence-corrected chi connectivity index (χ0v) is 19.7. The number of amides is 1. The van der Waals surface area contributed by atoms with Crippen molar-refractivity contribution in [3.63, 3.8) is 0 Å². The number of halogens is 2. The Morgan fingerprint density at radius 2 is 1.69 bits per heavy atom. The van der Waals surface area contributed by atoms with Crippen molar-refractivity contribution in [2.75, 3.05) is 17.7 Å². The fourth-order valence-corrected chi connectivity index (χ4v) is 5.38. The standard InChI is InChI=1S/C26H26F2N4O4/c1-35-24(34)17-13-26(14-17)10-8-16(9-11-26)15-2-4-18(5-3-15)29-22(33)23-31-32-25(36-23)30-19-6-7-20(27)21(28)12-19/h2-7,12,16-17H,8-11,13-14H2,1H3,(H,29,33)(H,30,32). The Labute approximate surface area is 206 Å². The summed E-state index contributed by atoms with van der Waals surface area (Å²) >= 11 is 0. The number of hydrogen-bond donors (Lipinski definition) is 2. The van der Waals surface area contributed by atoms with Gasteiger partial charge in [0.15, 0.2) is 11.6 Å². The van der Waals surface area contributed by atoms with E-state index >= 15 is 0 Å². The van der Waals surface area contributed by atoms with Crippen LogP contribution in [0, 0.1) is 23.0 Å². The van der Waals surface area contributed by atoms with Crippen LogP contribution < -0.4 is 10.6 Å². The predicted molar refractivity (Wildman–Crippen MR) is 127 cm³/mol. The minimum absolute atomic E-state index is 0.0612. The molecule has 2 aliphatic rings. The lowest BCUT2D eigenvalue weighted by molar-refractivity contribution is -0.155. The van der Waals surface area contributed by atoms with Gasteiger partial charge in [0.1, 0.15) is 0 Å². The zero-order chi connectivity index (χ0) is 25.3. The number of carbonyl (C=O) groups excluding carboxylic acids is 2. The van der Waals surface area contributed by atoms with Crippen molar-refractivity contribution in [1.29, 1.82) is 0 Å². The third-order valence-electron chi connectivity index (χ3n) is 7.37. The van der Waals surface area contributed by atoms with Gasteiger partial charge < -0.3 is 19.8 Å². The van der Waals surface area contributed by atoms with Crippen molar-refractivity contribution in [2.45, 2.75) is 44.4 Å². The number of methoxy groups -OCH3 is 1. The number of esters is 1. The monoisotopic (exact) mass is 496 g/mol. The predicted octanol–water partition coefficient (Wildman–Crippen LogP) is 5.57. The molecule has 0 aliphatic heterocycles. The third-order valence-corrected chi connectivity index (χ3v) is 7.37. The maximum absolute atomic E-state index is 13.3. The number of hydrogen-bond acceptors (Lipinski definition) is 7. The van der Waals surface area contributed by atoms with E-state index in [0.717, 1.165) is 50.7 Å². The Kier molecular flexibility index (Phi) is 6.42. The number of rotatable bonds is 6. The summed E-state index contributed by atoms with van der Waals surface area (Å²) in [5.41, 5.74) is 2.31. The Morgan fingerprint density at radius 3 is 2.36 bits per heavy atom. The number of anilines is 3. The minimum Gasteiger partial charge on any atom is -0.469 e. The van der Waals surface area contributed by atoms with Crippen molar-refractivity contribution in [3.05, 3.63) is 65.6 Å². The Hall–Kier alpha value is -3.82. The first-order chi connectivity index (χ1) is 17.3. The van der Waals surface area contributed by atoms with Crippen LogP contribution in [0.3, 0.4) is 0 Å². The largest absolute Gasteiger partial charge is 0.469 e. The molecule has 1 aromatic heterocycles. The number of nitrogens with zero attached hydrogens (tertiary/aromatic N) is 2. The molecule has 2 aromatic carbocycles. The van der Waals surface area contributed by atoms with Crippen LogP contribution in [0.1, 0.15) is 60.7 Å². The summed E-state index contributed by atoms with van der Waals surface area (Å²) in [7, 11) is 1.45. The average Bonchev–Trinajstić information content (AvgIpc) is 3.33. The Balaban J connectivity index is 1.13. The molecule has 0 bridgehead atoms. The van der Waals surface area contributed by atoms with Crippen LogP contribution >= 0.6 is 0 Å². The van der Waals surface area contributed by atoms with Crippen LogP contribution in [0.25, 0.3) is 0 Å². The fourth-order valence-electron chi connectivity index (χ4n) is 5.38. The molecule has 1 amide bonds. The number of aromatic nitrogens is 2. The second kappa shape index (κ2) is 9.67. The first-order valence-corrected chi connectivity index (χ1v) is 11.9. The molecule has 188 valence electrons. The van der Waals surface area contributed by atoms with Gasteiger partial charge in [-0.3, -0.25) is 9.59 Å².